The van der Waals surface area contributed by atoms with Crippen LogP contribution in [0.5, 0.6) is 0 Å². The van der Waals surface area contributed by atoms with Gasteiger partial charge in [0.15, 0.2) is 0 Å². The highest BCUT2D eigenvalue weighted by molar-refractivity contribution is 7.89. The first kappa shape index (κ1) is 19.2. The van der Waals surface area contributed by atoms with Crippen LogP contribution >= 0.6 is 24.0 Å². The first-order valence-corrected chi connectivity index (χ1v) is 8.33. The van der Waals surface area contributed by atoms with Gasteiger partial charge in [-0.3, -0.25) is 0 Å². The summed E-state index contributed by atoms with van der Waals surface area (Å²) in [5, 5.41) is 0.000529. The number of benzene rings is 1. The van der Waals surface area contributed by atoms with E-state index in [-0.39, 0.29) is 40.5 Å². The van der Waals surface area contributed by atoms with Gasteiger partial charge in [-0.05, 0) is 31.0 Å². The quantitative estimate of drug-likeness (QED) is 0.816. The van der Waals surface area contributed by atoms with Crippen LogP contribution in [-0.4, -0.2) is 44.9 Å². The molecule has 1 aliphatic heterocycles. The molecule has 9 heteroatoms. The molecule has 1 fully saturated rings. The van der Waals surface area contributed by atoms with Crippen LogP contribution in [-0.2, 0) is 14.8 Å². The van der Waals surface area contributed by atoms with E-state index in [1.807, 2.05) is 0 Å². The molecule has 0 saturated carbocycles. The van der Waals surface area contributed by atoms with Crippen LogP contribution in [0, 0.1) is 0 Å². The average molecular weight is 369 g/mol. The number of methoxy groups -OCH3 is 1. The van der Waals surface area contributed by atoms with Crippen molar-refractivity contribution in [2.75, 3.05) is 20.2 Å². The molecule has 1 aliphatic rings. The Morgan fingerprint density at radius 1 is 1.50 bits per heavy atom. The van der Waals surface area contributed by atoms with Gasteiger partial charge in [-0.1, -0.05) is 11.6 Å². The number of nitrogens with two attached hydrogens (primary N) is 1. The Balaban J connectivity index is 0.00000242. The van der Waals surface area contributed by atoms with Gasteiger partial charge in [0.2, 0.25) is 10.0 Å². The van der Waals surface area contributed by atoms with Crippen LogP contribution in [0.1, 0.15) is 23.2 Å². The van der Waals surface area contributed by atoms with E-state index in [4.69, 9.17) is 17.3 Å². The molecule has 0 aromatic heterocycles. The number of hydrogen-bond acceptors (Lipinski definition) is 5. The Morgan fingerprint density at radius 3 is 2.73 bits per heavy atom. The Bertz CT molecular complexity index is 651. The Labute approximate surface area is 141 Å². The third-order valence-electron chi connectivity index (χ3n) is 3.53. The highest BCUT2D eigenvalue weighted by Gasteiger charge is 2.35. The van der Waals surface area contributed by atoms with Gasteiger partial charge < -0.3 is 10.5 Å². The van der Waals surface area contributed by atoms with Crippen molar-refractivity contribution in [1.82, 2.24) is 4.31 Å². The molecule has 2 N–H and O–H groups in total. The summed E-state index contributed by atoms with van der Waals surface area (Å²) in [5.74, 6) is -0.568. The Morgan fingerprint density at radius 2 is 2.18 bits per heavy atom. The summed E-state index contributed by atoms with van der Waals surface area (Å²) in [6, 6.07) is 3.81. The Kier molecular flexibility index (Phi) is 6.64. The fourth-order valence-electron chi connectivity index (χ4n) is 2.44. The lowest BCUT2D eigenvalue weighted by Gasteiger charge is -2.23. The second-order valence-electron chi connectivity index (χ2n) is 4.78. The second-order valence-corrected chi connectivity index (χ2v) is 7.05. The normalized spacial score (nSPS) is 18.8. The number of ether oxygens (including phenoxy) is 1. The zero-order valence-electron chi connectivity index (χ0n) is 12.0. The molecular weight excluding hydrogens is 351 g/mol. The van der Waals surface area contributed by atoms with Crippen LogP contribution in [0.2, 0.25) is 5.02 Å². The smallest absolute Gasteiger partial charge is 0.337 e. The number of rotatable bonds is 4. The van der Waals surface area contributed by atoms with Crippen LogP contribution in [0.3, 0.4) is 0 Å². The third kappa shape index (κ3) is 3.55. The molecule has 22 heavy (non-hydrogen) atoms. The predicted molar refractivity (Wildman–Crippen MR) is 86.0 cm³/mol. The fraction of sp³-hybridized carbons (Fsp3) is 0.462. The predicted octanol–water partition coefficient (Wildman–Crippen LogP) is 1.66. The van der Waals surface area contributed by atoms with Crippen molar-refractivity contribution in [1.29, 1.82) is 0 Å². The number of sulfonamides is 1. The number of nitrogens with zero attached hydrogens (tertiary/aromatic N) is 1. The first-order valence-electron chi connectivity index (χ1n) is 6.51. The van der Waals surface area contributed by atoms with Gasteiger partial charge >= 0.3 is 5.97 Å². The summed E-state index contributed by atoms with van der Waals surface area (Å²) in [4.78, 5) is 11.4. The van der Waals surface area contributed by atoms with E-state index < -0.39 is 16.0 Å². The van der Waals surface area contributed by atoms with Crippen molar-refractivity contribution in [2.45, 2.75) is 23.8 Å². The second kappa shape index (κ2) is 7.61. The van der Waals surface area contributed by atoms with Gasteiger partial charge in [0.05, 0.1) is 17.7 Å². The Hall–Kier alpha value is -0.860. The average Bonchev–Trinajstić information content (AvgIpc) is 2.95. The zero-order chi connectivity index (χ0) is 15.6. The molecule has 0 spiro atoms. The van der Waals surface area contributed by atoms with Crippen LogP contribution < -0.4 is 5.73 Å². The van der Waals surface area contributed by atoms with Gasteiger partial charge in [-0.25, -0.2) is 13.2 Å². The molecule has 0 bridgehead atoms. The molecule has 0 aliphatic carbocycles. The summed E-state index contributed by atoms with van der Waals surface area (Å²) in [6.07, 6.45) is 1.52. The van der Waals surface area contributed by atoms with Crippen LogP contribution in [0.4, 0.5) is 0 Å². The summed E-state index contributed by atoms with van der Waals surface area (Å²) >= 11 is 6.04. The molecule has 1 aromatic rings. The number of halogens is 2. The lowest BCUT2D eigenvalue weighted by molar-refractivity contribution is 0.0600. The van der Waals surface area contributed by atoms with Gasteiger partial charge in [-0.2, -0.15) is 4.31 Å². The number of esters is 1. The minimum atomic E-state index is -3.71. The van der Waals surface area contributed by atoms with E-state index in [1.165, 1.54) is 29.6 Å². The van der Waals surface area contributed by atoms with Crippen molar-refractivity contribution >= 4 is 40.0 Å². The van der Waals surface area contributed by atoms with Gasteiger partial charge in [0.25, 0.3) is 0 Å². The van der Waals surface area contributed by atoms with Gasteiger partial charge in [-0.15, -0.1) is 12.4 Å². The molecule has 0 amide bonds. The van der Waals surface area contributed by atoms with E-state index in [1.54, 1.807) is 0 Å². The molecule has 1 unspecified atom stereocenters. The maximum absolute atomic E-state index is 12.6. The first-order chi connectivity index (χ1) is 9.91. The molecule has 124 valence electrons. The molecule has 6 nitrogen and oxygen atoms in total. The van der Waals surface area contributed by atoms with Gasteiger partial charge in [0.1, 0.15) is 4.90 Å². The molecule has 1 atom stereocenters. The molecule has 1 aromatic carbocycles. The van der Waals surface area contributed by atoms with E-state index in [0.717, 1.165) is 12.8 Å². The van der Waals surface area contributed by atoms with Crippen LogP contribution in [0.15, 0.2) is 23.1 Å². The van der Waals surface area contributed by atoms with Crippen molar-refractivity contribution in [3.8, 4) is 0 Å². The largest absolute Gasteiger partial charge is 0.465 e. The highest BCUT2D eigenvalue weighted by atomic mass is 35.5. The highest BCUT2D eigenvalue weighted by Crippen LogP contribution is 2.30. The number of hydrogen-bond donors (Lipinski definition) is 1. The van der Waals surface area contributed by atoms with Crippen molar-refractivity contribution in [3.05, 3.63) is 28.8 Å². The lowest BCUT2D eigenvalue weighted by Crippen LogP contribution is -2.39. The van der Waals surface area contributed by atoms with E-state index in [9.17, 15) is 13.2 Å². The fourth-order valence-corrected chi connectivity index (χ4v) is 4.67. The summed E-state index contributed by atoms with van der Waals surface area (Å²) in [5.41, 5.74) is 5.83. The summed E-state index contributed by atoms with van der Waals surface area (Å²) < 4.78 is 31.2. The molecular formula is C13H18Cl2N2O4S. The summed E-state index contributed by atoms with van der Waals surface area (Å²) in [6.45, 7) is 0.705. The monoisotopic (exact) mass is 368 g/mol. The SMILES string of the molecule is COC(=O)c1ccc(S(=O)(=O)N2CCCC2CN)c(Cl)c1.Cl. The van der Waals surface area contributed by atoms with Gasteiger partial charge in [0, 0.05) is 19.1 Å². The van der Waals surface area contributed by atoms with E-state index in [0.29, 0.717) is 6.54 Å². The topological polar surface area (TPSA) is 89.7 Å². The van der Waals surface area contributed by atoms with Crippen molar-refractivity contribution < 1.29 is 17.9 Å². The number of carbonyl (C=O) groups excluding carboxylic acids is 1. The minimum absolute atomic E-state index is 0. The maximum Gasteiger partial charge on any atom is 0.337 e. The third-order valence-corrected chi connectivity index (χ3v) is 5.97. The minimum Gasteiger partial charge on any atom is -0.465 e. The van der Waals surface area contributed by atoms with Crippen molar-refractivity contribution in [2.24, 2.45) is 5.73 Å². The number of carbonyl (C=O) groups is 1. The standard InChI is InChI=1S/C13H17ClN2O4S.ClH/c1-20-13(17)9-4-5-12(11(14)7-9)21(18,19)16-6-2-3-10(16)8-15;/h4-5,7,10H,2-3,6,8,15H2,1H3;1H. The molecule has 2 rings (SSSR count). The van der Waals surface area contributed by atoms with Crippen LogP contribution in [0.25, 0.3) is 0 Å². The van der Waals surface area contributed by atoms with E-state index in [2.05, 4.69) is 4.74 Å². The summed E-state index contributed by atoms with van der Waals surface area (Å²) in [7, 11) is -2.46. The maximum atomic E-state index is 12.6. The zero-order valence-corrected chi connectivity index (χ0v) is 14.4. The molecule has 1 saturated heterocycles. The molecule has 0 radical (unpaired) electrons. The van der Waals surface area contributed by atoms with E-state index >= 15 is 0 Å². The lowest BCUT2D eigenvalue weighted by atomic mass is 10.2. The van der Waals surface area contributed by atoms with Crippen molar-refractivity contribution in [3.63, 3.8) is 0 Å². The molecule has 1 heterocycles.